The van der Waals surface area contributed by atoms with Gasteiger partial charge in [-0.2, -0.15) is 0 Å². The second-order valence-corrected chi connectivity index (χ2v) is 2.60. The first-order valence-electron chi connectivity index (χ1n) is 3.76. The van der Waals surface area contributed by atoms with Gasteiger partial charge in [0.1, 0.15) is 0 Å². The Labute approximate surface area is 70.5 Å². The van der Waals surface area contributed by atoms with Crippen molar-refractivity contribution in [1.82, 2.24) is 9.55 Å². The van der Waals surface area contributed by atoms with Gasteiger partial charge in [-0.25, -0.2) is 4.98 Å². The molecule has 1 rings (SSSR count). The van der Waals surface area contributed by atoms with Crippen LogP contribution in [-0.4, -0.2) is 32.5 Å². The number of aliphatic hydroxyl groups is 2. The fourth-order valence-electron chi connectivity index (χ4n) is 0.913. The van der Waals surface area contributed by atoms with E-state index in [0.29, 0.717) is 13.1 Å². The third-order valence-corrected chi connectivity index (χ3v) is 1.53. The number of aliphatic hydroxyl groups excluding tert-OH is 2. The molecule has 1 heterocycles. The van der Waals surface area contributed by atoms with E-state index in [1.54, 1.807) is 17.1 Å². The van der Waals surface area contributed by atoms with Crippen molar-refractivity contribution in [3.05, 3.63) is 18.2 Å². The zero-order valence-corrected chi connectivity index (χ0v) is 6.72. The summed E-state index contributed by atoms with van der Waals surface area (Å²) in [7, 11) is 0. The molecule has 68 valence electrons. The van der Waals surface area contributed by atoms with Gasteiger partial charge in [-0.1, -0.05) is 0 Å². The first-order chi connectivity index (χ1) is 5.76. The molecule has 5 heteroatoms. The molecule has 0 aliphatic heterocycles. The van der Waals surface area contributed by atoms with Crippen LogP contribution in [0.25, 0.3) is 0 Å². The lowest BCUT2D eigenvalue weighted by Crippen LogP contribution is -2.18. The Morgan fingerprint density at radius 1 is 1.67 bits per heavy atom. The summed E-state index contributed by atoms with van der Waals surface area (Å²) in [5.74, 6) is 0. The van der Waals surface area contributed by atoms with E-state index in [9.17, 15) is 0 Å². The molecule has 0 saturated heterocycles. The van der Waals surface area contributed by atoms with Gasteiger partial charge >= 0.3 is 0 Å². The first-order valence-corrected chi connectivity index (χ1v) is 3.76. The number of imidazole rings is 1. The van der Waals surface area contributed by atoms with E-state index in [-0.39, 0.29) is 6.61 Å². The molecule has 0 bridgehead atoms. The van der Waals surface area contributed by atoms with Crippen molar-refractivity contribution >= 4 is 0 Å². The lowest BCUT2D eigenvalue weighted by molar-refractivity contribution is 0.0812. The third-order valence-electron chi connectivity index (χ3n) is 1.53. The average molecular weight is 171 g/mol. The van der Waals surface area contributed by atoms with Crippen LogP contribution in [0.5, 0.6) is 0 Å². The molecule has 1 atom stereocenters. The topological polar surface area (TPSA) is 84.3 Å². The Balaban J connectivity index is 2.52. The van der Waals surface area contributed by atoms with Gasteiger partial charge in [-0.15, -0.1) is 0 Å². The number of nitrogens with zero attached hydrogens (tertiary/aromatic N) is 2. The molecule has 12 heavy (non-hydrogen) atoms. The second kappa shape index (κ2) is 4.20. The van der Waals surface area contributed by atoms with E-state index in [2.05, 4.69) is 4.98 Å². The summed E-state index contributed by atoms with van der Waals surface area (Å²) in [5, 5.41) is 17.6. The Bertz CT molecular complexity index is 236. The van der Waals surface area contributed by atoms with Crippen molar-refractivity contribution in [2.24, 2.45) is 5.73 Å². The second-order valence-electron chi connectivity index (χ2n) is 2.60. The van der Waals surface area contributed by atoms with Crippen molar-refractivity contribution in [3.63, 3.8) is 0 Å². The monoisotopic (exact) mass is 171 g/mol. The fourth-order valence-corrected chi connectivity index (χ4v) is 0.913. The highest BCUT2D eigenvalue weighted by molar-refractivity contribution is 4.95. The Kier molecular flexibility index (Phi) is 3.21. The molecule has 0 aliphatic rings. The number of nitrogens with two attached hydrogens (primary N) is 1. The number of hydrogen-bond acceptors (Lipinski definition) is 4. The molecular formula is C7H13N3O2. The Morgan fingerprint density at radius 2 is 2.42 bits per heavy atom. The minimum absolute atomic E-state index is 0.240. The molecule has 4 N–H and O–H groups in total. The molecule has 5 nitrogen and oxygen atoms in total. The van der Waals surface area contributed by atoms with Gasteiger partial charge in [0.25, 0.3) is 0 Å². The van der Waals surface area contributed by atoms with Crippen LogP contribution in [0.1, 0.15) is 5.69 Å². The van der Waals surface area contributed by atoms with E-state index < -0.39 is 6.10 Å². The zero-order valence-electron chi connectivity index (χ0n) is 6.72. The predicted octanol–water partition coefficient (Wildman–Crippen LogP) is -1.31. The summed E-state index contributed by atoms with van der Waals surface area (Å²) >= 11 is 0. The van der Waals surface area contributed by atoms with Crippen molar-refractivity contribution in [2.45, 2.75) is 19.2 Å². The minimum Gasteiger partial charge on any atom is -0.394 e. The molecule has 1 aromatic heterocycles. The summed E-state index contributed by atoms with van der Waals surface area (Å²) in [6.45, 7) is 0.502. The largest absolute Gasteiger partial charge is 0.394 e. The van der Waals surface area contributed by atoms with Crippen LogP contribution in [0.2, 0.25) is 0 Å². The SMILES string of the molecule is NCc1cn(CC(O)CO)cn1. The Morgan fingerprint density at radius 3 is 2.92 bits per heavy atom. The van der Waals surface area contributed by atoms with Gasteiger partial charge in [0.05, 0.1) is 31.3 Å². The van der Waals surface area contributed by atoms with Crippen LogP contribution < -0.4 is 5.73 Å². The first kappa shape index (κ1) is 9.18. The van der Waals surface area contributed by atoms with E-state index in [1.807, 2.05) is 0 Å². The maximum absolute atomic E-state index is 9.06. The summed E-state index contributed by atoms with van der Waals surface area (Å²) in [4.78, 5) is 3.97. The molecule has 0 aromatic carbocycles. The third kappa shape index (κ3) is 2.30. The van der Waals surface area contributed by atoms with Crippen molar-refractivity contribution in [3.8, 4) is 0 Å². The number of aromatic nitrogens is 2. The summed E-state index contributed by atoms with van der Waals surface area (Å²) in [6, 6.07) is 0. The fraction of sp³-hybridized carbons (Fsp3) is 0.571. The molecule has 0 amide bonds. The molecule has 1 unspecified atom stereocenters. The molecule has 0 spiro atoms. The lowest BCUT2D eigenvalue weighted by atomic mass is 10.4. The van der Waals surface area contributed by atoms with Crippen LogP contribution in [0.4, 0.5) is 0 Å². The van der Waals surface area contributed by atoms with E-state index in [1.165, 1.54) is 0 Å². The van der Waals surface area contributed by atoms with Crippen LogP contribution in [-0.2, 0) is 13.1 Å². The van der Waals surface area contributed by atoms with Crippen molar-refractivity contribution in [2.75, 3.05) is 6.61 Å². The van der Waals surface area contributed by atoms with E-state index in [0.717, 1.165) is 5.69 Å². The van der Waals surface area contributed by atoms with E-state index >= 15 is 0 Å². The highest BCUT2D eigenvalue weighted by Crippen LogP contribution is 1.96. The standard InChI is InChI=1S/C7H13N3O2/c8-1-6-2-10(5-9-6)3-7(12)4-11/h2,5,7,11-12H,1,3-4,8H2. The summed E-state index contributed by atoms with van der Waals surface area (Å²) in [6.07, 6.45) is 2.60. The van der Waals surface area contributed by atoms with Gasteiger partial charge in [-0.05, 0) is 0 Å². The average Bonchev–Trinajstić information content (AvgIpc) is 2.52. The van der Waals surface area contributed by atoms with Gasteiger partial charge in [0.15, 0.2) is 0 Å². The quantitative estimate of drug-likeness (QED) is 0.525. The smallest absolute Gasteiger partial charge is 0.0950 e. The predicted molar refractivity (Wildman–Crippen MR) is 43.2 cm³/mol. The number of hydrogen-bond donors (Lipinski definition) is 3. The lowest BCUT2D eigenvalue weighted by Gasteiger charge is -2.06. The molecule has 0 fully saturated rings. The van der Waals surface area contributed by atoms with Crippen LogP contribution >= 0.6 is 0 Å². The Hall–Kier alpha value is -0.910. The summed E-state index contributed by atoms with van der Waals surface area (Å²) < 4.78 is 1.70. The zero-order chi connectivity index (χ0) is 8.97. The van der Waals surface area contributed by atoms with Gasteiger partial charge < -0.3 is 20.5 Å². The van der Waals surface area contributed by atoms with Crippen LogP contribution in [0.15, 0.2) is 12.5 Å². The number of rotatable bonds is 4. The highest BCUT2D eigenvalue weighted by atomic mass is 16.3. The minimum atomic E-state index is -0.732. The maximum atomic E-state index is 9.06. The molecule has 0 saturated carbocycles. The van der Waals surface area contributed by atoms with Crippen molar-refractivity contribution < 1.29 is 10.2 Å². The van der Waals surface area contributed by atoms with Crippen LogP contribution in [0.3, 0.4) is 0 Å². The van der Waals surface area contributed by atoms with Crippen LogP contribution in [0, 0.1) is 0 Å². The molecule has 0 aliphatic carbocycles. The van der Waals surface area contributed by atoms with E-state index in [4.69, 9.17) is 15.9 Å². The highest BCUT2D eigenvalue weighted by Gasteiger charge is 2.03. The summed E-state index contributed by atoms with van der Waals surface area (Å²) in [5.41, 5.74) is 6.12. The molecular weight excluding hydrogens is 158 g/mol. The van der Waals surface area contributed by atoms with Gasteiger partial charge in [-0.3, -0.25) is 0 Å². The van der Waals surface area contributed by atoms with Gasteiger partial charge in [0, 0.05) is 12.7 Å². The van der Waals surface area contributed by atoms with Crippen molar-refractivity contribution in [1.29, 1.82) is 0 Å². The molecule has 0 radical (unpaired) electrons. The maximum Gasteiger partial charge on any atom is 0.0950 e. The van der Waals surface area contributed by atoms with Gasteiger partial charge in [0.2, 0.25) is 0 Å². The molecule has 1 aromatic rings. The normalized spacial score (nSPS) is 13.2.